The van der Waals surface area contributed by atoms with Gasteiger partial charge in [-0.05, 0) is 35.7 Å². The molecule has 170 valence electrons. The van der Waals surface area contributed by atoms with Crippen molar-refractivity contribution in [1.29, 1.82) is 0 Å². The van der Waals surface area contributed by atoms with E-state index in [1.165, 1.54) is 29.5 Å². The molecule has 3 heterocycles. The van der Waals surface area contributed by atoms with Crippen molar-refractivity contribution >= 4 is 63.6 Å². The molecule has 0 radical (unpaired) electrons. The second-order valence-electron chi connectivity index (χ2n) is 6.38. The summed E-state index contributed by atoms with van der Waals surface area (Å²) >= 11 is 19.2. The zero-order valence-corrected chi connectivity index (χ0v) is 19.0. The number of halogens is 6. The van der Waals surface area contributed by atoms with Crippen LogP contribution in [0.1, 0.15) is 21.7 Å². The molecule has 0 aliphatic heterocycles. The van der Waals surface area contributed by atoms with Gasteiger partial charge in [0, 0.05) is 10.6 Å². The number of hydrogen-bond acceptors (Lipinski definition) is 6. The number of amidine groups is 1. The van der Waals surface area contributed by atoms with Crippen LogP contribution >= 0.6 is 46.1 Å². The molecule has 3 aromatic heterocycles. The van der Waals surface area contributed by atoms with Crippen molar-refractivity contribution < 1.29 is 22.8 Å². The fourth-order valence-corrected chi connectivity index (χ4v) is 4.18. The molecule has 0 fully saturated rings. The number of benzene rings is 1. The second kappa shape index (κ2) is 8.82. The van der Waals surface area contributed by atoms with Crippen LogP contribution < -0.4 is 5.73 Å². The third-order valence-electron chi connectivity index (χ3n) is 4.22. The number of nitrogens with zero attached hydrogens (tertiary/aromatic N) is 4. The van der Waals surface area contributed by atoms with Gasteiger partial charge in [-0.15, -0.1) is 11.3 Å². The summed E-state index contributed by atoms with van der Waals surface area (Å²) in [5, 5.41) is 8.86. The highest BCUT2D eigenvalue weighted by atomic mass is 35.5. The highest BCUT2D eigenvalue weighted by Crippen LogP contribution is 2.35. The Labute approximate surface area is 202 Å². The van der Waals surface area contributed by atoms with Gasteiger partial charge in [0.1, 0.15) is 5.02 Å². The van der Waals surface area contributed by atoms with Gasteiger partial charge in [-0.25, -0.2) is 14.3 Å². The minimum absolute atomic E-state index is 0.0196. The Morgan fingerprint density at radius 2 is 1.94 bits per heavy atom. The molecule has 0 aliphatic rings. The van der Waals surface area contributed by atoms with Crippen LogP contribution in [-0.2, 0) is 11.0 Å². The van der Waals surface area contributed by atoms with Crippen LogP contribution in [0.3, 0.4) is 0 Å². The standard InChI is InChI=1S/C19H9Cl3F3N5O2S/c20-8-3-4-9(10(21)6-8)16(26)29-32-18(31)15-14(22)17-27-11(12-2-1-5-33-12)7-13(19(23,24)25)30(17)28-15/h1-7H,(H2,26,29). The van der Waals surface area contributed by atoms with Gasteiger partial charge in [-0.2, -0.15) is 18.3 Å². The van der Waals surface area contributed by atoms with Gasteiger partial charge in [-0.1, -0.05) is 46.0 Å². The summed E-state index contributed by atoms with van der Waals surface area (Å²) in [7, 11) is 0. The van der Waals surface area contributed by atoms with Gasteiger partial charge in [0.15, 0.2) is 22.9 Å². The highest BCUT2D eigenvalue weighted by molar-refractivity contribution is 7.13. The van der Waals surface area contributed by atoms with Crippen molar-refractivity contribution in [3.63, 3.8) is 0 Å². The summed E-state index contributed by atoms with van der Waals surface area (Å²) in [6, 6.07) is 8.41. The number of aromatic nitrogens is 3. The third kappa shape index (κ3) is 4.62. The Morgan fingerprint density at radius 3 is 2.58 bits per heavy atom. The molecule has 7 nitrogen and oxygen atoms in total. The van der Waals surface area contributed by atoms with Crippen LogP contribution in [0.2, 0.25) is 15.1 Å². The third-order valence-corrected chi connectivity index (χ3v) is 6.01. The monoisotopic (exact) mass is 533 g/mol. The number of carbonyl (C=O) groups excluding carboxylic acids is 1. The van der Waals surface area contributed by atoms with Crippen molar-refractivity contribution in [2.45, 2.75) is 6.18 Å². The molecule has 0 bridgehead atoms. The molecular weight excluding hydrogens is 526 g/mol. The molecule has 0 unspecified atom stereocenters. The van der Waals surface area contributed by atoms with E-state index < -0.39 is 28.6 Å². The van der Waals surface area contributed by atoms with Crippen LogP contribution in [-0.4, -0.2) is 26.4 Å². The van der Waals surface area contributed by atoms with E-state index in [4.69, 9.17) is 45.4 Å². The average Bonchev–Trinajstić information content (AvgIpc) is 3.39. The van der Waals surface area contributed by atoms with Gasteiger partial charge in [-0.3, -0.25) is 0 Å². The van der Waals surface area contributed by atoms with Crippen LogP contribution in [0.15, 0.2) is 46.9 Å². The van der Waals surface area contributed by atoms with Gasteiger partial charge < -0.3 is 10.6 Å². The van der Waals surface area contributed by atoms with E-state index in [0.717, 1.165) is 6.07 Å². The van der Waals surface area contributed by atoms with E-state index in [-0.39, 0.29) is 27.8 Å². The minimum Gasteiger partial charge on any atom is -0.380 e. The van der Waals surface area contributed by atoms with E-state index in [2.05, 4.69) is 15.2 Å². The molecule has 4 rings (SSSR count). The predicted octanol–water partition coefficient (Wildman–Crippen LogP) is 5.91. The lowest BCUT2D eigenvalue weighted by molar-refractivity contribution is -0.142. The molecule has 0 atom stereocenters. The normalized spacial score (nSPS) is 12.4. The summed E-state index contributed by atoms with van der Waals surface area (Å²) in [6.07, 6.45) is -4.81. The zero-order valence-electron chi connectivity index (χ0n) is 15.9. The smallest absolute Gasteiger partial charge is 0.380 e. The molecule has 0 saturated carbocycles. The number of thiophene rings is 1. The molecular formula is C19H9Cl3F3N5O2S. The quantitative estimate of drug-likeness (QED) is 0.152. The average molecular weight is 535 g/mol. The summed E-state index contributed by atoms with van der Waals surface area (Å²) < 4.78 is 41.5. The van der Waals surface area contributed by atoms with E-state index >= 15 is 0 Å². The molecule has 33 heavy (non-hydrogen) atoms. The molecule has 1 aromatic carbocycles. The Bertz CT molecular complexity index is 1400. The van der Waals surface area contributed by atoms with Crippen molar-refractivity contribution in [1.82, 2.24) is 14.6 Å². The first-order valence-corrected chi connectivity index (χ1v) is 10.8. The summed E-state index contributed by atoms with van der Waals surface area (Å²) in [5.41, 5.74) is 3.83. The zero-order chi connectivity index (χ0) is 23.9. The topological polar surface area (TPSA) is 94.9 Å². The lowest BCUT2D eigenvalue weighted by Gasteiger charge is -2.10. The fraction of sp³-hybridized carbons (Fsp3) is 0.0526. The van der Waals surface area contributed by atoms with E-state index in [1.54, 1.807) is 17.5 Å². The SMILES string of the molecule is N/C(=N\OC(=O)c1nn2c(C(F)(F)F)cc(-c3cccs3)nc2c1Cl)c1ccc(Cl)cc1Cl. The van der Waals surface area contributed by atoms with Gasteiger partial charge in [0.25, 0.3) is 0 Å². The Balaban J connectivity index is 1.73. The lowest BCUT2D eigenvalue weighted by Crippen LogP contribution is -2.16. The summed E-state index contributed by atoms with van der Waals surface area (Å²) in [4.78, 5) is 21.8. The van der Waals surface area contributed by atoms with Crippen molar-refractivity contribution in [3.8, 4) is 10.6 Å². The molecule has 0 spiro atoms. The lowest BCUT2D eigenvalue weighted by atomic mass is 10.2. The fourth-order valence-electron chi connectivity index (χ4n) is 2.75. The Morgan fingerprint density at radius 1 is 1.18 bits per heavy atom. The van der Waals surface area contributed by atoms with E-state index in [1.807, 2.05) is 0 Å². The first-order valence-electron chi connectivity index (χ1n) is 8.77. The Hall–Kier alpha value is -2.86. The number of nitrogens with two attached hydrogens (primary N) is 1. The summed E-state index contributed by atoms with van der Waals surface area (Å²) in [5.74, 6) is -1.52. The van der Waals surface area contributed by atoms with Gasteiger partial charge in [0.2, 0.25) is 0 Å². The van der Waals surface area contributed by atoms with Crippen molar-refractivity contribution in [2.75, 3.05) is 0 Å². The first-order chi connectivity index (χ1) is 15.6. The number of alkyl halides is 3. The molecule has 4 aromatic rings. The largest absolute Gasteiger partial charge is 0.433 e. The summed E-state index contributed by atoms with van der Waals surface area (Å²) in [6.45, 7) is 0. The highest BCUT2D eigenvalue weighted by Gasteiger charge is 2.37. The number of rotatable bonds is 4. The minimum atomic E-state index is -4.81. The maximum atomic E-state index is 13.7. The van der Waals surface area contributed by atoms with Crippen molar-refractivity contribution in [2.24, 2.45) is 10.9 Å². The number of hydrogen-bond donors (Lipinski definition) is 1. The maximum absolute atomic E-state index is 13.7. The predicted molar refractivity (Wildman–Crippen MR) is 119 cm³/mol. The van der Waals surface area contributed by atoms with Crippen LogP contribution in [0.25, 0.3) is 16.2 Å². The number of fused-ring (bicyclic) bond motifs is 1. The van der Waals surface area contributed by atoms with E-state index in [9.17, 15) is 18.0 Å². The van der Waals surface area contributed by atoms with Crippen molar-refractivity contribution in [3.05, 3.63) is 73.8 Å². The maximum Gasteiger partial charge on any atom is 0.433 e. The Kier molecular flexibility index (Phi) is 6.23. The van der Waals surface area contributed by atoms with Crippen LogP contribution in [0.4, 0.5) is 13.2 Å². The number of oxime groups is 1. The molecule has 0 aliphatic carbocycles. The molecule has 14 heteroatoms. The molecule has 2 N–H and O–H groups in total. The van der Waals surface area contributed by atoms with Gasteiger partial charge in [0.05, 0.1) is 15.6 Å². The molecule has 0 saturated heterocycles. The van der Waals surface area contributed by atoms with Crippen LogP contribution in [0, 0.1) is 0 Å². The second-order valence-corrected chi connectivity index (χ2v) is 8.55. The van der Waals surface area contributed by atoms with Gasteiger partial charge >= 0.3 is 12.1 Å². The molecule has 0 amide bonds. The van der Waals surface area contributed by atoms with E-state index in [0.29, 0.717) is 14.4 Å². The number of carbonyl (C=O) groups is 1. The van der Waals surface area contributed by atoms with Crippen LogP contribution in [0.5, 0.6) is 0 Å². The first kappa shape index (κ1) is 23.3.